The van der Waals surface area contributed by atoms with Gasteiger partial charge in [0.15, 0.2) is 0 Å². The predicted octanol–water partition coefficient (Wildman–Crippen LogP) is 3.88. The summed E-state index contributed by atoms with van der Waals surface area (Å²) in [5.41, 5.74) is 0.266. The molecule has 0 amide bonds. The lowest BCUT2D eigenvalue weighted by atomic mass is 9.47. The molecule has 4 aliphatic rings. The number of epoxide rings is 1. The van der Waals surface area contributed by atoms with Crippen LogP contribution in [-0.4, -0.2) is 33.6 Å². The van der Waals surface area contributed by atoms with E-state index in [1.54, 1.807) is 0 Å². The molecule has 2 heterocycles. The molecule has 2 bridgehead atoms. The van der Waals surface area contributed by atoms with Crippen LogP contribution in [0.2, 0.25) is 0 Å². The number of rotatable bonds is 0. The number of fused-ring (bicyclic) bond motifs is 2. The predicted molar refractivity (Wildman–Crippen MR) is 79.0 cm³/mol. The first kappa shape index (κ1) is 13.4. The fourth-order valence-corrected chi connectivity index (χ4v) is 6.34. The van der Waals surface area contributed by atoms with E-state index in [4.69, 9.17) is 21.1 Å². The minimum Gasteiger partial charge on any atom is -0.374 e. The molecule has 2 aliphatic heterocycles. The van der Waals surface area contributed by atoms with Crippen LogP contribution in [-0.2, 0) is 9.47 Å². The topological polar surface area (TPSA) is 21.8 Å². The van der Waals surface area contributed by atoms with Crippen molar-refractivity contribution in [3.63, 3.8) is 0 Å². The molecule has 4 rings (SSSR count). The minimum atomic E-state index is -0.218. The Bertz CT molecular complexity index is 451. The fourth-order valence-electron chi connectivity index (χ4n) is 5.42. The Morgan fingerprint density at radius 3 is 2.42 bits per heavy atom. The van der Waals surface area contributed by atoms with E-state index in [0.717, 1.165) is 19.3 Å². The van der Waals surface area contributed by atoms with Gasteiger partial charge in [-0.3, -0.25) is 0 Å². The average molecular weight is 350 g/mol. The van der Waals surface area contributed by atoms with Crippen LogP contribution in [0.4, 0.5) is 0 Å². The lowest BCUT2D eigenvalue weighted by Gasteiger charge is -2.55. The second-order valence-electron chi connectivity index (χ2n) is 7.91. The van der Waals surface area contributed by atoms with Gasteiger partial charge in [0, 0.05) is 22.1 Å². The number of ether oxygens (including phenoxy) is 2. The molecule has 4 fully saturated rings. The highest BCUT2D eigenvalue weighted by Crippen LogP contribution is 2.75. The van der Waals surface area contributed by atoms with E-state index >= 15 is 0 Å². The quantitative estimate of drug-likeness (QED) is 0.489. The van der Waals surface area contributed by atoms with Gasteiger partial charge in [0.25, 0.3) is 0 Å². The van der Waals surface area contributed by atoms with Gasteiger partial charge in [-0.1, -0.05) is 29.8 Å². The summed E-state index contributed by atoms with van der Waals surface area (Å²) in [7, 11) is 0. The summed E-state index contributed by atoms with van der Waals surface area (Å²) in [5.74, 6) is 0. The second kappa shape index (κ2) is 3.37. The molecule has 0 aromatic carbocycles. The van der Waals surface area contributed by atoms with E-state index < -0.39 is 0 Å². The van der Waals surface area contributed by atoms with Crippen LogP contribution < -0.4 is 0 Å². The van der Waals surface area contributed by atoms with Crippen molar-refractivity contribution >= 4 is 27.5 Å². The maximum atomic E-state index is 6.71. The van der Waals surface area contributed by atoms with Crippen LogP contribution in [0.1, 0.15) is 47.0 Å². The van der Waals surface area contributed by atoms with Crippen LogP contribution in [0.3, 0.4) is 0 Å². The van der Waals surface area contributed by atoms with Gasteiger partial charge in [-0.25, -0.2) is 0 Å². The molecular weight excluding hydrogens is 328 g/mol. The maximum Gasteiger partial charge on any atom is 0.101 e. The summed E-state index contributed by atoms with van der Waals surface area (Å²) < 4.78 is 12.6. The molecule has 2 saturated carbocycles. The lowest BCUT2D eigenvalue weighted by molar-refractivity contribution is -0.0597. The summed E-state index contributed by atoms with van der Waals surface area (Å²) in [6, 6.07) is 0. The van der Waals surface area contributed by atoms with Gasteiger partial charge in [0.2, 0.25) is 0 Å². The first-order valence-electron chi connectivity index (χ1n) is 7.31. The van der Waals surface area contributed by atoms with Gasteiger partial charge >= 0.3 is 0 Å². The SMILES string of the molecule is CC1(C)[C@@H]2C[C@@H]3O[C@]3(C)[C@]13C[C@@H](Br)[C@](C)(Cl)C[C@H]3O2. The van der Waals surface area contributed by atoms with E-state index in [1.165, 1.54) is 0 Å². The molecule has 7 atom stereocenters. The van der Waals surface area contributed by atoms with Crippen molar-refractivity contribution < 1.29 is 9.47 Å². The standard InChI is InChI=1S/C15H22BrClO2/c1-12(2)9-5-10-14(4,19-10)15(12)6-8(16)13(3,17)7-11(15)18-9/h8-11H,5-7H2,1-4H3/t8-,9+,10+,11-,13-,14+,15+/m1/s1. The summed E-state index contributed by atoms with van der Waals surface area (Å²) in [6.45, 7) is 9.18. The third-order valence-electron chi connectivity index (χ3n) is 6.83. The van der Waals surface area contributed by atoms with Crippen molar-refractivity contribution in [2.45, 2.75) is 80.6 Å². The first-order valence-corrected chi connectivity index (χ1v) is 8.61. The van der Waals surface area contributed by atoms with Gasteiger partial charge in [0.1, 0.15) is 5.60 Å². The fraction of sp³-hybridized carbons (Fsp3) is 1.00. The zero-order valence-electron chi connectivity index (χ0n) is 12.0. The molecular formula is C15H22BrClO2. The van der Waals surface area contributed by atoms with E-state index in [-0.39, 0.29) is 27.4 Å². The number of hydrogen-bond acceptors (Lipinski definition) is 2. The monoisotopic (exact) mass is 348 g/mol. The second-order valence-corrected chi connectivity index (χ2v) is 9.88. The molecule has 0 unspecified atom stereocenters. The van der Waals surface area contributed by atoms with Gasteiger partial charge in [-0.2, -0.15) is 0 Å². The van der Waals surface area contributed by atoms with E-state index in [0.29, 0.717) is 17.0 Å². The van der Waals surface area contributed by atoms with E-state index in [1.807, 2.05) is 0 Å². The summed E-state index contributed by atoms with van der Waals surface area (Å²) in [6.07, 6.45) is 3.97. The minimum absolute atomic E-state index is 0.00637. The van der Waals surface area contributed by atoms with E-state index in [2.05, 4.69) is 43.6 Å². The zero-order valence-corrected chi connectivity index (χ0v) is 14.3. The van der Waals surface area contributed by atoms with Crippen LogP contribution in [0.15, 0.2) is 0 Å². The molecule has 2 nitrogen and oxygen atoms in total. The molecule has 0 radical (unpaired) electrons. The van der Waals surface area contributed by atoms with Crippen molar-refractivity contribution in [1.29, 1.82) is 0 Å². The van der Waals surface area contributed by atoms with Gasteiger partial charge < -0.3 is 9.47 Å². The Labute approximate surface area is 128 Å². The lowest BCUT2D eigenvalue weighted by Crippen LogP contribution is -2.62. The van der Waals surface area contributed by atoms with Crippen molar-refractivity contribution in [2.24, 2.45) is 10.8 Å². The smallest absolute Gasteiger partial charge is 0.101 e. The largest absolute Gasteiger partial charge is 0.374 e. The van der Waals surface area contributed by atoms with Crippen LogP contribution in [0.25, 0.3) is 0 Å². The molecule has 2 aliphatic carbocycles. The Morgan fingerprint density at radius 1 is 1.05 bits per heavy atom. The normalized spacial score (nSPS) is 65.4. The highest BCUT2D eigenvalue weighted by molar-refractivity contribution is 9.09. The van der Waals surface area contributed by atoms with Crippen LogP contribution >= 0.6 is 27.5 Å². The summed E-state index contributed by atoms with van der Waals surface area (Å²) in [5, 5.41) is 0. The Morgan fingerprint density at radius 2 is 1.74 bits per heavy atom. The molecule has 1 spiro atoms. The van der Waals surface area contributed by atoms with Crippen LogP contribution in [0.5, 0.6) is 0 Å². The Hall–Kier alpha value is 0.690. The maximum absolute atomic E-state index is 6.71. The summed E-state index contributed by atoms with van der Waals surface area (Å²) in [4.78, 5) is 0.101. The molecule has 4 heteroatoms. The molecule has 0 aromatic heterocycles. The van der Waals surface area contributed by atoms with E-state index in [9.17, 15) is 0 Å². The highest BCUT2D eigenvalue weighted by atomic mass is 79.9. The van der Waals surface area contributed by atoms with Crippen molar-refractivity contribution in [2.75, 3.05) is 0 Å². The first-order chi connectivity index (χ1) is 8.65. The number of halogens is 2. The molecule has 19 heavy (non-hydrogen) atoms. The third kappa shape index (κ3) is 1.28. The average Bonchev–Trinajstić information content (AvgIpc) is 2.88. The molecule has 0 aromatic rings. The summed E-state index contributed by atoms with van der Waals surface area (Å²) >= 11 is 10.6. The van der Waals surface area contributed by atoms with Gasteiger partial charge in [-0.15, -0.1) is 11.6 Å². The highest BCUT2D eigenvalue weighted by Gasteiger charge is 2.82. The third-order valence-corrected chi connectivity index (χ3v) is 8.85. The molecule has 108 valence electrons. The van der Waals surface area contributed by atoms with Crippen molar-refractivity contribution in [1.82, 2.24) is 0 Å². The van der Waals surface area contributed by atoms with Crippen molar-refractivity contribution in [3.8, 4) is 0 Å². The zero-order chi connectivity index (χ0) is 13.8. The van der Waals surface area contributed by atoms with Gasteiger partial charge in [-0.05, 0) is 26.7 Å². The van der Waals surface area contributed by atoms with Crippen LogP contribution in [0, 0.1) is 10.8 Å². The van der Waals surface area contributed by atoms with Gasteiger partial charge in [0.05, 0.1) is 23.2 Å². The number of hydrogen-bond donors (Lipinski definition) is 0. The van der Waals surface area contributed by atoms with Crippen molar-refractivity contribution in [3.05, 3.63) is 0 Å². The molecule has 0 N–H and O–H groups in total. The Kier molecular flexibility index (Phi) is 2.37. The number of alkyl halides is 2. The molecule has 2 saturated heterocycles. The Balaban J connectivity index is 1.85.